The Morgan fingerprint density at radius 3 is 2.38 bits per heavy atom. The summed E-state index contributed by atoms with van der Waals surface area (Å²) < 4.78 is 37.5. The summed E-state index contributed by atoms with van der Waals surface area (Å²) in [6.45, 7) is 5.84. The molecule has 11 heteroatoms. The van der Waals surface area contributed by atoms with Crippen LogP contribution in [0.15, 0.2) is 29.5 Å². The maximum Gasteiger partial charge on any atom is 0.409 e. The third kappa shape index (κ3) is 5.34. The van der Waals surface area contributed by atoms with Gasteiger partial charge in [0.2, 0.25) is 0 Å². The zero-order chi connectivity index (χ0) is 23.3. The number of benzene rings is 1. The van der Waals surface area contributed by atoms with Crippen LogP contribution in [0.5, 0.6) is 0 Å². The largest absolute Gasteiger partial charge is 0.463 e. The average molecular weight is 452 g/mol. The van der Waals surface area contributed by atoms with Gasteiger partial charge in [-0.15, -0.1) is 0 Å². The quantitative estimate of drug-likeness (QED) is 0.640. The van der Waals surface area contributed by atoms with Gasteiger partial charge in [0.1, 0.15) is 0 Å². The number of carbonyl (C=O) groups excluding carboxylic acids is 3. The number of nitrogens with one attached hydrogen (secondary N) is 2. The van der Waals surface area contributed by atoms with Crippen LogP contribution in [-0.4, -0.2) is 73.8 Å². The van der Waals surface area contributed by atoms with Crippen molar-refractivity contribution in [2.45, 2.75) is 19.9 Å². The van der Waals surface area contributed by atoms with Crippen molar-refractivity contribution in [3.05, 3.63) is 46.7 Å². The predicted molar refractivity (Wildman–Crippen MR) is 109 cm³/mol. The number of nitrogens with zero attached hydrogens (tertiary/aromatic N) is 2. The van der Waals surface area contributed by atoms with Gasteiger partial charge in [0.05, 0.1) is 24.8 Å². The minimum absolute atomic E-state index is 0.103. The molecule has 0 bridgehead atoms. The standard InChI is InChI=1S/C21H26F2N4O5/c1-3-31-19(28)17-16(12-26-7-9-27(10-8-26)21(30)32-4-2)24-20(29)25-18(17)13-5-6-14(22)15(23)11-13/h5-6,11,18H,3-4,7-10,12H2,1-2H3,(H2,24,25,29)/t18-/m0/s1. The molecule has 1 atom stereocenters. The van der Waals surface area contributed by atoms with Gasteiger partial charge in [-0.25, -0.2) is 23.2 Å². The van der Waals surface area contributed by atoms with E-state index in [1.165, 1.54) is 6.07 Å². The van der Waals surface area contributed by atoms with Crippen molar-refractivity contribution in [3.63, 3.8) is 0 Å². The molecular weight excluding hydrogens is 426 g/mol. The summed E-state index contributed by atoms with van der Waals surface area (Å²) in [5, 5.41) is 5.23. The van der Waals surface area contributed by atoms with E-state index in [4.69, 9.17) is 9.47 Å². The van der Waals surface area contributed by atoms with Gasteiger partial charge in [0.15, 0.2) is 11.6 Å². The summed E-state index contributed by atoms with van der Waals surface area (Å²) in [6, 6.07) is 1.61. The van der Waals surface area contributed by atoms with Gasteiger partial charge in [-0.1, -0.05) is 6.07 Å². The summed E-state index contributed by atoms with van der Waals surface area (Å²) in [6.07, 6.45) is -0.382. The van der Waals surface area contributed by atoms with Crippen LogP contribution in [0, 0.1) is 11.6 Å². The number of hydrogen-bond donors (Lipinski definition) is 2. The van der Waals surface area contributed by atoms with Crippen LogP contribution in [0.2, 0.25) is 0 Å². The molecule has 0 spiro atoms. The lowest BCUT2D eigenvalue weighted by Crippen LogP contribution is -2.52. The van der Waals surface area contributed by atoms with Crippen molar-refractivity contribution in [1.82, 2.24) is 20.4 Å². The van der Waals surface area contributed by atoms with E-state index in [1.807, 2.05) is 4.90 Å². The molecule has 1 saturated heterocycles. The lowest BCUT2D eigenvalue weighted by molar-refractivity contribution is -0.139. The summed E-state index contributed by atoms with van der Waals surface area (Å²) in [7, 11) is 0. The summed E-state index contributed by atoms with van der Waals surface area (Å²) in [5.41, 5.74) is 0.642. The van der Waals surface area contributed by atoms with Crippen molar-refractivity contribution in [2.75, 3.05) is 45.9 Å². The number of hydrogen-bond acceptors (Lipinski definition) is 6. The number of rotatable bonds is 6. The Hall–Kier alpha value is -3.21. The first kappa shape index (κ1) is 23.5. The summed E-state index contributed by atoms with van der Waals surface area (Å²) in [4.78, 5) is 40.6. The first-order valence-corrected chi connectivity index (χ1v) is 10.4. The van der Waals surface area contributed by atoms with Crippen LogP contribution in [0.1, 0.15) is 25.5 Å². The average Bonchev–Trinajstić information content (AvgIpc) is 2.76. The molecule has 2 heterocycles. The van der Waals surface area contributed by atoms with Gasteiger partial charge in [0, 0.05) is 38.4 Å². The van der Waals surface area contributed by atoms with Gasteiger partial charge >= 0.3 is 18.1 Å². The monoisotopic (exact) mass is 452 g/mol. The zero-order valence-electron chi connectivity index (χ0n) is 18.0. The number of esters is 1. The van der Waals surface area contributed by atoms with Crippen molar-refractivity contribution in [2.24, 2.45) is 0 Å². The summed E-state index contributed by atoms with van der Waals surface area (Å²) in [5.74, 6) is -2.79. The first-order chi connectivity index (χ1) is 15.3. The Kier molecular flexibility index (Phi) is 7.62. The number of ether oxygens (including phenoxy) is 2. The van der Waals surface area contributed by atoms with Crippen molar-refractivity contribution in [3.8, 4) is 0 Å². The Bertz CT molecular complexity index is 915. The van der Waals surface area contributed by atoms with E-state index >= 15 is 0 Å². The number of halogens is 2. The van der Waals surface area contributed by atoms with Crippen LogP contribution in [0.4, 0.5) is 18.4 Å². The van der Waals surface area contributed by atoms with E-state index in [-0.39, 0.29) is 30.4 Å². The Morgan fingerprint density at radius 1 is 1.06 bits per heavy atom. The molecule has 1 aromatic rings. The normalized spacial score (nSPS) is 19.3. The maximum atomic E-state index is 13.8. The second-order valence-electron chi connectivity index (χ2n) is 7.28. The minimum atomic E-state index is -1.09. The topological polar surface area (TPSA) is 100 Å². The molecule has 1 fully saturated rings. The number of carbonyl (C=O) groups is 3. The van der Waals surface area contributed by atoms with Gasteiger partial charge in [0.25, 0.3) is 0 Å². The molecule has 2 aliphatic rings. The van der Waals surface area contributed by atoms with Gasteiger partial charge in [-0.3, -0.25) is 4.90 Å². The lowest BCUT2D eigenvalue weighted by Gasteiger charge is -2.36. The van der Waals surface area contributed by atoms with Crippen LogP contribution < -0.4 is 10.6 Å². The second-order valence-corrected chi connectivity index (χ2v) is 7.28. The van der Waals surface area contributed by atoms with E-state index in [0.29, 0.717) is 38.5 Å². The molecule has 32 heavy (non-hydrogen) atoms. The summed E-state index contributed by atoms with van der Waals surface area (Å²) >= 11 is 0. The van der Waals surface area contributed by atoms with E-state index in [0.717, 1.165) is 12.1 Å². The van der Waals surface area contributed by atoms with Gasteiger partial charge in [-0.2, -0.15) is 0 Å². The highest BCUT2D eigenvalue weighted by molar-refractivity contribution is 5.95. The molecule has 2 N–H and O–H groups in total. The van der Waals surface area contributed by atoms with Crippen LogP contribution in [-0.2, 0) is 14.3 Å². The smallest absolute Gasteiger partial charge is 0.409 e. The maximum absolute atomic E-state index is 13.8. The predicted octanol–water partition coefficient (Wildman–Crippen LogP) is 1.91. The highest BCUT2D eigenvalue weighted by Crippen LogP contribution is 2.29. The second kappa shape index (κ2) is 10.4. The van der Waals surface area contributed by atoms with E-state index < -0.39 is 29.7 Å². The van der Waals surface area contributed by atoms with E-state index in [2.05, 4.69) is 10.6 Å². The number of urea groups is 1. The molecule has 0 saturated carbocycles. The molecule has 0 radical (unpaired) electrons. The molecule has 0 aliphatic carbocycles. The SMILES string of the molecule is CCOC(=O)C1=C(CN2CCN(C(=O)OCC)CC2)NC(=O)N[C@H]1c1ccc(F)c(F)c1. The highest BCUT2D eigenvalue weighted by atomic mass is 19.2. The third-order valence-corrected chi connectivity index (χ3v) is 5.21. The fourth-order valence-electron chi connectivity index (χ4n) is 3.66. The number of amides is 3. The van der Waals surface area contributed by atoms with Crippen LogP contribution >= 0.6 is 0 Å². The molecule has 9 nitrogen and oxygen atoms in total. The molecule has 2 aliphatic heterocycles. The van der Waals surface area contributed by atoms with E-state index in [9.17, 15) is 23.2 Å². The highest BCUT2D eigenvalue weighted by Gasteiger charge is 2.35. The molecule has 0 unspecified atom stereocenters. The van der Waals surface area contributed by atoms with Gasteiger partial charge < -0.3 is 25.0 Å². The Morgan fingerprint density at radius 2 is 1.75 bits per heavy atom. The fraction of sp³-hybridized carbons (Fsp3) is 0.476. The molecule has 174 valence electrons. The van der Waals surface area contributed by atoms with Crippen LogP contribution in [0.3, 0.4) is 0 Å². The molecule has 0 aromatic heterocycles. The van der Waals surface area contributed by atoms with Gasteiger partial charge in [-0.05, 0) is 31.5 Å². The number of piperazine rings is 1. The lowest BCUT2D eigenvalue weighted by atomic mass is 9.94. The van der Waals surface area contributed by atoms with Crippen molar-refractivity contribution >= 4 is 18.1 Å². The Balaban J connectivity index is 1.86. The zero-order valence-corrected chi connectivity index (χ0v) is 18.0. The molecule has 3 amide bonds. The molecule has 3 rings (SSSR count). The first-order valence-electron chi connectivity index (χ1n) is 10.4. The molecular formula is C21H26F2N4O5. The fourth-order valence-corrected chi connectivity index (χ4v) is 3.66. The minimum Gasteiger partial charge on any atom is -0.463 e. The third-order valence-electron chi connectivity index (χ3n) is 5.21. The van der Waals surface area contributed by atoms with Crippen molar-refractivity contribution < 1.29 is 32.6 Å². The Labute approximate surface area is 184 Å². The van der Waals surface area contributed by atoms with E-state index in [1.54, 1.807) is 18.7 Å². The van der Waals surface area contributed by atoms with Crippen LogP contribution in [0.25, 0.3) is 0 Å². The van der Waals surface area contributed by atoms with Crippen molar-refractivity contribution in [1.29, 1.82) is 0 Å². The molecule has 1 aromatic carbocycles.